The van der Waals surface area contributed by atoms with Crippen LogP contribution < -0.4 is 5.32 Å². The van der Waals surface area contributed by atoms with Crippen molar-refractivity contribution >= 4 is 12.9 Å². The number of hydrogen-bond donors (Lipinski definition) is 1. The third-order valence-corrected chi connectivity index (χ3v) is 1.73. The molecule has 0 unspecified atom stereocenters. The standard InChI is InChI=1S/C8H17BF3N2O/c1-4-14(6-9(10,11)12)5-8(15)13-7(2)3/h7H,4-6H2,1-3H3,(H,13,15)/q-1. The molecule has 0 aromatic rings. The first-order valence-corrected chi connectivity index (χ1v) is 4.97. The van der Waals surface area contributed by atoms with Gasteiger partial charge in [-0.2, -0.15) is 0 Å². The van der Waals surface area contributed by atoms with Crippen LogP contribution in [0.15, 0.2) is 0 Å². The average Bonchev–Trinajstić information content (AvgIpc) is 1.98. The highest BCUT2D eigenvalue weighted by Gasteiger charge is 2.26. The fraction of sp³-hybridized carbons (Fsp3) is 0.875. The Morgan fingerprint density at radius 1 is 1.40 bits per heavy atom. The first-order chi connectivity index (χ1) is 6.74. The summed E-state index contributed by atoms with van der Waals surface area (Å²) in [6.45, 7) is 0.288. The van der Waals surface area contributed by atoms with Crippen molar-refractivity contribution in [2.75, 3.05) is 19.5 Å². The summed E-state index contributed by atoms with van der Waals surface area (Å²) in [5, 5.41) is 2.55. The minimum Gasteiger partial charge on any atom is -0.448 e. The van der Waals surface area contributed by atoms with Crippen LogP contribution in [0.2, 0.25) is 0 Å². The largest absolute Gasteiger partial charge is 0.492 e. The SMILES string of the molecule is CCN(CC(=O)NC(C)C)C[B-](F)(F)F. The van der Waals surface area contributed by atoms with Gasteiger partial charge in [-0.15, -0.1) is 0 Å². The molecular formula is C8H17BF3N2O-. The molecule has 0 saturated heterocycles. The van der Waals surface area contributed by atoms with Gasteiger partial charge in [-0.1, -0.05) is 6.92 Å². The van der Waals surface area contributed by atoms with Gasteiger partial charge in [-0.05, 0) is 26.8 Å². The van der Waals surface area contributed by atoms with E-state index in [1.54, 1.807) is 20.8 Å². The molecule has 0 radical (unpaired) electrons. The van der Waals surface area contributed by atoms with Gasteiger partial charge in [-0.3, -0.25) is 4.79 Å². The smallest absolute Gasteiger partial charge is 0.448 e. The van der Waals surface area contributed by atoms with Crippen LogP contribution in [0.5, 0.6) is 0 Å². The minimum absolute atomic E-state index is 0.0485. The van der Waals surface area contributed by atoms with Gasteiger partial charge in [0.05, 0.1) is 6.54 Å². The molecular weight excluding hydrogens is 208 g/mol. The van der Waals surface area contributed by atoms with E-state index in [1.165, 1.54) is 0 Å². The fourth-order valence-corrected chi connectivity index (χ4v) is 1.17. The predicted octanol–water partition coefficient (Wildman–Crippen LogP) is 1.22. The van der Waals surface area contributed by atoms with Gasteiger partial charge in [0, 0.05) is 6.04 Å². The van der Waals surface area contributed by atoms with Crippen LogP contribution in [0.1, 0.15) is 20.8 Å². The van der Waals surface area contributed by atoms with Gasteiger partial charge in [0.2, 0.25) is 5.91 Å². The van der Waals surface area contributed by atoms with E-state index in [0.717, 1.165) is 4.90 Å². The molecule has 0 bridgehead atoms. The molecule has 0 aliphatic carbocycles. The third-order valence-electron chi connectivity index (χ3n) is 1.73. The maximum atomic E-state index is 12.1. The number of likely N-dealkylation sites (N-methyl/N-ethyl adjacent to an activating group) is 1. The zero-order valence-electron chi connectivity index (χ0n) is 9.27. The van der Waals surface area contributed by atoms with Crippen LogP contribution in [0.25, 0.3) is 0 Å². The molecule has 3 nitrogen and oxygen atoms in total. The summed E-state index contributed by atoms with van der Waals surface area (Å²) in [6.07, 6.45) is -0.984. The van der Waals surface area contributed by atoms with Crippen molar-refractivity contribution in [2.45, 2.75) is 26.8 Å². The molecule has 0 aromatic carbocycles. The summed E-state index contributed by atoms with van der Waals surface area (Å²) in [5.74, 6) is -0.369. The quantitative estimate of drug-likeness (QED) is 0.689. The third kappa shape index (κ3) is 8.29. The van der Waals surface area contributed by atoms with Gasteiger partial charge in [0.1, 0.15) is 0 Å². The highest BCUT2D eigenvalue weighted by molar-refractivity contribution is 6.58. The van der Waals surface area contributed by atoms with Gasteiger partial charge in [-0.25, -0.2) is 0 Å². The maximum absolute atomic E-state index is 12.1. The number of nitrogens with zero attached hydrogens (tertiary/aromatic N) is 1. The van der Waals surface area contributed by atoms with E-state index in [0.29, 0.717) is 0 Å². The van der Waals surface area contributed by atoms with Gasteiger partial charge in [0.15, 0.2) is 0 Å². The van der Waals surface area contributed by atoms with E-state index >= 15 is 0 Å². The minimum atomic E-state index is -4.86. The van der Waals surface area contributed by atoms with Crippen molar-refractivity contribution in [3.8, 4) is 0 Å². The van der Waals surface area contributed by atoms with E-state index in [-0.39, 0.29) is 25.0 Å². The molecule has 0 atom stereocenters. The number of nitrogens with one attached hydrogen (secondary N) is 1. The molecule has 1 N–H and O–H groups in total. The highest BCUT2D eigenvalue weighted by Crippen LogP contribution is 2.09. The summed E-state index contributed by atoms with van der Waals surface area (Å²) < 4.78 is 36.3. The Hall–Kier alpha value is -0.715. The Labute approximate surface area is 88.1 Å². The van der Waals surface area contributed by atoms with Gasteiger partial charge >= 0.3 is 6.98 Å². The first kappa shape index (κ1) is 14.3. The lowest BCUT2D eigenvalue weighted by molar-refractivity contribution is -0.122. The van der Waals surface area contributed by atoms with Gasteiger partial charge < -0.3 is 23.2 Å². The topological polar surface area (TPSA) is 32.3 Å². The molecule has 1 amide bonds. The summed E-state index contributed by atoms with van der Waals surface area (Å²) in [5.41, 5.74) is 0. The van der Waals surface area contributed by atoms with Crippen molar-refractivity contribution in [3.63, 3.8) is 0 Å². The lowest BCUT2D eigenvalue weighted by atomic mass is 9.91. The number of amides is 1. The van der Waals surface area contributed by atoms with Crippen molar-refractivity contribution in [2.24, 2.45) is 0 Å². The number of halogens is 3. The Morgan fingerprint density at radius 3 is 2.27 bits per heavy atom. The Balaban J connectivity index is 4.04. The Morgan fingerprint density at radius 2 is 1.93 bits per heavy atom. The second-order valence-electron chi connectivity index (χ2n) is 3.76. The number of carbonyl (C=O) groups excluding carboxylic acids is 1. The van der Waals surface area contributed by atoms with E-state index in [9.17, 15) is 17.7 Å². The molecule has 7 heteroatoms. The van der Waals surface area contributed by atoms with Crippen LogP contribution in [0.3, 0.4) is 0 Å². The molecule has 15 heavy (non-hydrogen) atoms. The van der Waals surface area contributed by atoms with E-state index in [2.05, 4.69) is 5.32 Å². The van der Waals surface area contributed by atoms with Crippen molar-refractivity contribution in [1.82, 2.24) is 10.2 Å². The molecule has 0 saturated carbocycles. The Bertz CT molecular complexity index is 209. The average molecular weight is 225 g/mol. The Kier molecular flexibility index (Phi) is 5.71. The summed E-state index contributed by atoms with van der Waals surface area (Å²) in [7, 11) is 0. The van der Waals surface area contributed by atoms with E-state index in [4.69, 9.17) is 0 Å². The molecule has 0 spiro atoms. The normalized spacial score (nSPS) is 12.3. The molecule has 90 valence electrons. The monoisotopic (exact) mass is 225 g/mol. The number of hydrogen-bond acceptors (Lipinski definition) is 2. The number of carbonyl (C=O) groups is 1. The van der Waals surface area contributed by atoms with E-state index < -0.39 is 13.4 Å². The molecule has 0 fully saturated rings. The van der Waals surface area contributed by atoms with Crippen molar-refractivity contribution in [3.05, 3.63) is 0 Å². The zero-order chi connectivity index (χ0) is 12.1. The molecule has 0 aromatic heterocycles. The lowest BCUT2D eigenvalue weighted by Crippen LogP contribution is -2.45. The van der Waals surface area contributed by atoms with Crippen molar-refractivity contribution in [1.29, 1.82) is 0 Å². The second kappa shape index (κ2) is 6.00. The first-order valence-electron chi connectivity index (χ1n) is 4.97. The fourth-order valence-electron chi connectivity index (χ4n) is 1.17. The maximum Gasteiger partial charge on any atom is 0.492 e. The van der Waals surface area contributed by atoms with Crippen LogP contribution >= 0.6 is 0 Å². The van der Waals surface area contributed by atoms with Crippen LogP contribution in [-0.2, 0) is 4.79 Å². The molecule has 0 aliphatic heterocycles. The summed E-state index contributed by atoms with van der Waals surface area (Å²) in [4.78, 5) is 12.3. The summed E-state index contributed by atoms with van der Waals surface area (Å²) >= 11 is 0. The van der Waals surface area contributed by atoms with Crippen LogP contribution in [0.4, 0.5) is 12.9 Å². The highest BCUT2D eigenvalue weighted by atomic mass is 19.4. The second-order valence-corrected chi connectivity index (χ2v) is 3.76. The van der Waals surface area contributed by atoms with Crippen LogP contribution in [-0.4, -0.2) is 43.4 Å². The lowest BCUT2D eigenvalue weighted by Gasteiger charge is -2.26. The van der Waals surface area contributed by atoms with Crippen molar-refractivity contribution < 1.29 is 17.7 Å². The van der Waals surface area contributed by atoms with E-state index in [1.807, 2.05) is 0 Å². The van der Waals surface area contributed by atoms with Crippen LogP contribution in [0, 0.1) is 0 Å². The molecule has 0 rings (SSSR count). The predicted molar refractivity (Wildman–Crippen MR) is 54.5 cm³/mol. The number of rotatable bonds is 6. The molecule has 0 heterocycles. The summed E-state index contributed by atoms with van der Waals surface area (Å²) in [6, 6.07) is -0.0485. The van der Waals surface area contributed by atoms with Gasteiger partial charge in [0.25, 0.3) is 0 Å². The zero-order valence-corrected chi connectivity index (χ0v) is 9.27. The molecule has 0 aliphatic rings.